The van der Waals surface area contributed by atoms with E-state index in [0.29, 0.717) is 5.52 Å². The first kappa shape index (κ1) is 19.7. The fourth-order valence-electron chi connectivity index (χ4n) is 3.54. The van der Waals surface area contributed by atoms with E-state index in [1.165, 1.54) is 10.8 Å². The molecule has 8 nitrogen and oxygen atoms in total. The number of nitrogens with one attached hydrogen (secondary N) is 1. The number of hydrogen-bond acceptors (Lipinski definition) is 5. The van der Waals surface area contributed by atoms with E-state index in [2.05, 4.69) is 4.98 Å². The van der Waals surface area contributed by atoms with Gasteiger partial charge in [-0.05, 0) is 29.1 Å². The van der Waals surface area contributed by atoms with Gasteiger partial charge in [-0.25, -0.2) is 4.79 Å². The number of para-hydroxylation sites is 2. The maximum atomic E-state index is 12.4. The van der Waals surface area contributed by atoms with Gasteiger partial charge in [-0.1, -0.05) is 36.4 Å². The number of benzene rings is 2. The molecule has 0 saturated heterocycles. The first-order valence-electron chi connectivity index (χ1n) is 9.40. The molecule has 2 unspecified atom stereocenters. The third kappa shape index (κ3) is 3.42. The van der Waals surface area contributed by atoms with Crippen LogP contribution in [-0.4, -0.2) is 44.4 Å². The molecule has 0 fully saturated rings. The van der Waals surface area contributed by atoms with Crippen LogP contribution in [0.4, 0.5) is 0 Å². The van der Waals surface area contributed by atoms with E-state index in [1.54, 1.807) is 36.5 Å². The monoisotopic (exact) mass is 407 g/mol. The number of esters is 1. The molecule has 0 bridgehead atoms. The second-order valence-electron chi connectivity index (χ2n) is 7.14. The number of carboxylic acids is 1. The van der Waals surface area contributed by atoms with Crippen LogP contribution in [0.3, 0.4) is 0 Å². The lowest BCUT2D eigenvalue weighted by Gasteiger charge is -2.26. The Hall–Kier alpha value is -3.62. The van der Waals surface area contributed by atoms with Gasteiger partial charge in [-0.2, -0.15) is 0 Å². The van der Waals surface area contributed by atoms with E-state index >= 15 is 0 Å². The Morgan fingerprint density at radius 1 is 1.13 bits per heavy atom. The third-order valence-corrected chi connectivity index (χ3v) is 5.17. The summed E-state index contributed by atoms with van der Waals surface area (Å²) in [6.45, 7) is -0.776. The van der Waals surface area contributed by atoms with Crippen molar-refractivity contribution in [2.75, 3.05) is 6.61 Å². The number of nitrogens with two attached hydrogens (primary N) is 1. The average molecular weight is 407 g/mol. The second kappa shape index (κ2) is 7.66. The number of carbonyl (C=O) groups is 2. The molecule has 0 aliphatic carbocycles. The van der Waals surface area contributed by atoms with Crippen molar-refractivity contribution in [1.29, 1.82) is 0 Å². The van der Waals surface area contributed by atoms with Gasteiger partial charge in [0.1, 0.15) is 6.04 Å². The molecule has 0 saturated carbocycles. The van der Waals surface area contributed by atoms with E-state index in [1.807, 2.05) is 24.3 Å². The van der Waals surface area contributed by atoms with Gasteiger partial charge < -0.3 is 30.2 Å². The zero-order valence-corrected chi connectivity index (χ0v) is 16.0. The number of aliphatic carboxylic acids is 1. The van der Waals surface area contributed by atoms with Crippen LogP contribution in [0.2, 0.25) is 0 Å². The van der Waals surface area contributed by atoms with Crippen LogP contribution >= 0.6 is 0 Å². The van der Waals surface area contributed by atoms with Crippen LogP contribution in [0.15, 0.2) is 67.0 Å². The smallest absolute Gasteiger partial charge is 0.361 e. The predicted octanol–water partition coefficient (Wildman–Crippen LogP) is 1.97. The van der Waals surface area contributed by atoms with Crippen LogP contribution in [0.1, 0.15) is 5.56 Å². The highest BCUT2D eigenvalue weighted by atomic mass is 16.6. The van der Waals surface area contributed by atoms with Gasteiger partial charge in [0.25, 0.3) is 5.72 Å². The number of H-pyrrole nitrogens is 1. The minimum atomic E-state index is -2.46. The lowest BCUT2D eigenvalue weighted by molar-refractivity contribution is -0.184. The minimum absolute atomic E-state index is 0.209. The maximum absolute atomic E-state index is 12.4. The fraction of sp³-hybridized carbons (Fsp3) is 0.182. The number of carboxylic acid groups (broad SMARTS) is 1. The molecule has 2 atom stereocenters. The Balaban J connectivity index is 1.50. The molecule has 0 aliphatic rings. The summed E-state index contributed by atoms with van der Waals surface area (Å²) in [5, 5.41) is 22.2. The molecule has 30 heavy (non-hydrogen) atoms. The molecule has 4 rings (SSSR count). The minimum Gasteiger partial charge on any atom is -0.478 e. The Kier molecular flexibility index (Phi) is 5.03. The van der Waals surface area contributed by atoms with Crippen molar-refractivity contribution in [3.8, 4) is 0 Å². The van der Waals surface area contributed by atoms with Crippen molar-refractivity contribution < 1.29 is 24.5 Å². The van der Waals surface area contributed by atoms with Crippen molar-refractivity contribution in [1.82, 2.24) is 9.55 Å². The number of aromatic nitrogens is 2. The number of nitrogens with zero attached hydrogens (tertiary/aromatic N) is 1. The van der Waals surface area contributed by atoms with Crippen LogP contribution in [0.5, 0.6) is 0 Å². The molecule has 4 aromatic rings. The number of carbonyl (C=O) groups excluding carboxylic acids is 1. The van der Waals surface area contributed by atoms with Crippen molar-refractivity contribution >= 4 is 33.7 Å². The third-order valence-electron chi connectivity index (χ3n) is 5.17. The molecule has 0 aliphatic heterocycles. The zero-order chi connectivity index (χ0) is 21.3. The molecule has 154 valence electrons. The molecule has 0 radical (unpaired) electrons. The summed E-state index contributed by atoms with van der Waals surface area (Å²) >= 11 is 0. The predicted molar refractivity (Wildman–Crippen MR) is 111 cm³/mol. The van der Waals surface area contributed by atoms with Gasteiger partial charge in [0.15, 0.2) is 6.61 Å². The maximum Gasteiger partial charge on any atom is 0.361 e. The number of ether oxygens (including phenoxy) is 1. The molecular formula is C22H21N3O5. The van der Waals surface area contributed by atoms with Gasteiger partial charge in [0, 0.05) is 29.7 Å². The Bertz CT molecular complexity index is 1230. The van der Waals surface area contributed by atoms with Gasteiger partial charge in [0.2, 0.25) is 0 Å². The molecule has 8 heteroatoms. The largest absolute Gasteiger partial charge is 0.478 e. The fourth-order valence-corrected chi connectivity index (χ4v) is 3.54. The SMILES string of the molecule is NC(Cc1c[nH]c2ccccc12)C(=O)OCC(O)(C(=O)O)n1ccc2ccccc21. The first-order valence-corrected chi connectivity index (χ1v) is 9.40. The molecule has 2 aromatic carbocycles. The van der Waals surface area contributed by atoms with Gasteiger partial charge in [-0.3, -0.25) is 4.79 Å². The van der Waals surface area contributed by atoms with Gasteiger partial charge in [0.05, 0.1) is 5.52 Å². The van der Waals surface area contributed by atoms with Gasteiger partial charge in [-0.15, -0.1) is 0 Å². The molecular weight excluding hydrogens is 386 g/mol. The summed E-state index contributed by atoms with van der Waals surface area (Å²) in [5.41, 5.74) is 5.80. The van der Waals surface area contributed by atoms with E-state index in [4.69, 9.17) is 10.5 Å². The molecule has 5 N–H and O–H groups in total. The molecule has 0 spiro atoms. The molecule has 2 heterocycles. The normalized spacial score (nSPS) is 14.5. The number of hydrogen-bond donors (Lipinski definition) is 4. The quantitative estimate of drug-likeness (QED) is 0.347. The molecule has 2 aromatic heterocycles. The van der Waals surface area contributed by atoms with Crippen LogP contribution in [0.25, 0.3) is 21.8 Å². The van der Waals surface area contributed by atoms with Crippen LogP contribution < -0.4 is 5.73 Å². The summed E-state index contributed by atoms with van der Waals surface area (Å²) in [7, 11) is 0. The standard InChI is InChI=1S/C22H21N3O5/c23-17(11-15-12-24-18-7-3-2-6-16(15)18)20(26)30-13-22(29,21(27)28)25-10-9-14-5-1-4-8-19(14)25/h1-10,12,17,24,29H,11,13,23H2,(H,27,28). The number of aliphatic hydroxyl groups is 1. The zero-order valence-electron chi connectivity index (χ0n) is 16.0. The highest BCUT2D eigenvalue weighted by molar-refractivity contribution is 5.86. The summed E-state index contributed by atoms with van der Waals surface area (Å²) in [4.78, 5) is 27.4. The van der Waals surface area contributed by atoms with E-state index in [0.717, 1.165) is 21.9 Å². The lowest BCUT2D eigenvalue weighted by atomic mass is 10.1. The van der Waals surface area contributed by atoms with Crippen molar-refractivity contribution in [3.05, 3.63) is 72.6 Å². The topological polar surface area (TPSA) is 131 Å². The number of aromatic amines is 1. The highest BCUT2D eigenvalue weighted by Gasteiger charge is 2.41. The van der Waals surface area contributed by atoms with E-state index in [-0.39, 0.29) is 6.42 Å². The summed E-state index contributed by atoms with van der Waals surface area (Å²) in [6.07, 6.45) is 3.43. The Labute approximate surface area is 171 Å². The average Bonchev–Trinajstić information content (AvgIpc) is 3.36. The summed E-state index contributed by atoms with van der Waals surface area (Å²) in [6, 6.07) is 15.3. The van der Waals surface area contributed by atoms with Crippen molar-refractivity contribution in [2.24, 2.45) is 5.73 Å². The Morgan fingerprint density at radius 2 is 1.87 bits per heavy atom. The van der Waals surface area contributed by atoms with Crippen LogP contribution in [-0.2, 0) is 26.5 Å². The van der Waals surface area contributed by atoms with E-state index < -0.39 is 30.3 Å². The molecule has 0 amide bonds. The number of rotatable bonds is 7. The van der Waals surface area contributed by atoms with E-state index in [9.17, 15) is 19.8 Å². The summed E-state index contributed by atoms with van der Waals surface area (Å²) < 4.78 is 6.31. The van der Waals surface area contributed by atoms with Crippen molar-refractivity contribution in [3.63, 3.8) is 0 Å². The summed E-state index contributed by atoms with van der Waals surface area (Å²) in [5.74, 6) is -2.33. The first-order chi connectivity index (χ1) is 14.4. The van der Waals surface area contributed by atoms with Gasteiger partial charge >= 0.3 is 11.9 Å². The second-order valence-corrected chi connectivity index (χ2v) is 7.14. The number of fused-ring (bicyclic) bond motifs is 2. The van der Waals surface area contributed by atoms with Crippen molar-refractivity contribution in [2.45, 2.75) is 18.2 Å². The Morgan fingerprint density at radius 3 is 2.67 bits per heavy atom. The lowest BCUT2D eigenvalue weighted by Crippen LogP contribution is -2.47. The highest BCUT2D eigenvalue weighted by Crippen LogP contribution is 2.24. The van der Waals surface area contributed by atoms with Crippen LogP contribution in [0, 0.1) is 0 Å².